The third-order valence-electron chi connectivity index (χ3n) is 5.85. The van der Waals surface area contributed by atoms with Crippen LogP contribution in [0.5, 0.6) is 5.75 Å². The number of ether oxygens (including phenoxy) is 1. The number of benzene rings is 1. The molecule has 3 aromatic heterocycles. The van der Waals surface area contributed by atoms with Crippen molar-refractivity contribution >= 4 is 16.7 Å². The Hall–Kier alpha value is -3.22. The average Bonchev–Trinajstić information content (AvgIpc) is 3.13. The number of para-hydroxylation sites is 1. The van der Waals surface area contributed by atoms with Crippen LogP contribution in [-0.4, -0.2) is 26.7 Å². The second-order valence-electron chi connectivity index (χ2n) is 7.69. The number of hydrogen-bond donors (Lipinski definition) is 1. The second-order valence-corrected chi connectivity index (χ2v) is 7.69. The molecule has 29 heavy (non-hydrogen) atoms. The lowest BCUT2D eigenvalue weighted by Gasteiger charge is -2.24. The lowest BCUT2D eigenvalue weighted by molar-refractivity contribution is -0.567. The van der Waals surface area contributed by atoms with Gasteiger partial charge < -0.3 is 9.30 Å². The number of nitrogens with one attached hydrogen (secondary N) is 1. The standard InChI is InChI=1S/C22H23N5O2/c1-14-23-22-24-17-12-13-26(15-8-4-3-5-9-15)21(28)19(17)20(27(22)25-14)16-10-6-7-11-18(16)29-2/h6-7,10-13,15H,3-5,8-9H2,1-2H3/p+1. The zero-order valence-electron chi connectivity index (χ0n) is 16.7. The van der Waals surface area contributed by atoms with E-state index in [0.29, 0.717) is 22.4 Å². The van der Waals surface area contributed by atoms with Crippen molar-refractivity contribution < 1.29 is 9.25 Å². The van der Waals surface area contributed by atoms with E-state index in [9.17, 15) is 4.79 Å². The summed E-state index contributed by atoms with van der Waals surface area (Å²) in [6.45, 7) is 1.88. The number of aryl methyl sites for hydroxylation is 1. The highest BCUT2D eigenvalue weighted by Crippen LogP contribution is 2.32. The number of nitrogens with zero attached hydrogens (tertiary/aromatic N) is 4. The van der Waals surface area contributed by atoms with Crippen LogP contribution in [0.15, 0.2) is 41.3 Å². The second kappa shape index (κ2) is 6.99. The summed E-state index contributed by atoms with van der Waals surface area (Å²) in [6.07, 6.45) is 7.57. The molecule has 0 unspecified atom stereocenters. The summed E-state index contributed by atoms with van der Waals surface area (Å²) in [5, 5.41) is 3.82. The zero-order chi connectivity index (χ0) is 20.0. The molecular formula is C22H24N5O2+. The van der Waals surface area contributed by atoms with E-state index < -0.39 is 0 Å². The molecule has 0 radical (unpaired) electrons. The minimum absolute atomic E-state index is 0.00976. The first-order valence-corrected chi connectivity index (χ1v) is 10.1. The van der Waals surface area contributed by atoms with Crippen LogP contribution in [0, 0.1) is 6.92 Å². The normalized spacial score (nSPS) is 15.2. The highest BCUT2D eigenvalue weighted by molar-refractivity contribution is 5.92. The highest BCUT2D eigenvalue weighted by Gasteiger charge is 2.27. The average molecular weight is 390 g/mol. The molecular weight excluding hydrogens is 366 g/mol. The molecule has 1 N–H and O–H groups in total. The zero-order valence-corrected chi connectivity index (χ0v) is 16.7. The van der Waals surface area contributed by atoms with E-state index in [2.05, 4.69) is 15.1 Å². The lowest BCUT2D eigenvalue weighted by atomic mass is 9.95. The molecule has 1 aliphatic carbocycles. The molecule has 7 heteroatoms. The summed E-state index contributed by atoms with van der Waals surface area (Å²) >= 11 is 0. The van der Waals surface area contributed by atoms with Gasteiger partial charge >= 0.3 is 5.78 Å². The number of pyridine rings is 1. The number of aromatic nitrogens is 5. The summed E-state index contributed by atoms with van der Waals surface area (Å²) in [4.78, 5) is 22.9. The molecule has 0 atom stereocenters. The molecule has 0 spiro atoms. The number of fused-ring (bicyclic) bond motifs is 2. The highest BCUT2D eigenvalue weighted by atomic mass is 16.5. The molecule has 0 amide bonds. The Morgan fingerprint density at radius 2 is 1.93 bits per heavy atom. The van der Waals surface area contributed by atoms with Gasteiger partial charge in [0.1, 0.15) is 11.1 Å². The number of hydrogen-bond acceptors (Lipinski definition) is 4. The van der Waals surface area contributed by atoms with Crippen LogP contribution in [0.3, 0.4) is 0 Å². The van der Waals surface area contributed by atoms with E-state index in [1.807, 2.05) is 48.0 Å². The molecule has 7 nitrogen and oxygen atoms in total. The summed E-state index contributed by atoms with van der Waals surface area (Å²) < 4.78 is 9.31. The Balaban J connectivity index is 1.89. The summed E-state index contributed by atoms with van der Waals surface area (Å²) in [5.74, 6) is 1.97. The quantitative estimate of drug-likeness (QED) is 0.544. The Labute approximate surface area is 168 Å². The fourth-order valence-corrected chi connectivity index (χ4v) is 4.49. The van der Waals surface area contributed by atoms with Gasteiger partial charge in [-0.2, -0.15) is 0 Å². The fourth-order valence-electron chi connectivity index (χ4n) is 4.49. The van der Waals surface area contributed by atoms with E-state index in [4.69, 9.17) is 4.74 Å². The molecule has 148 valence electrons. The molecule has 0 bridgehead atoms. The molecule has 1 aromatic carbocycles. The third kappa shape index (κ3) is 2.88. The Morgan fingerprint density at radius 3 is 2.72 bits per heavy atom. The van der Waals surface area contributed by atoms with Crippen LogP contribution >= 0.6 is 0 Å². The SMILES string of the molecule is COc1ccccc1-c1c2c(=O)n(C3CCCCC3)ccc2nc2nc(C)[nH][n+]12. The van der Waals surface area contributed by atoms with E-state index in [0.717, 1.165) is 29.9 Å². The predicted molar refractivity (Wildman–Crippen MR) is 110 cm³/mol. The van der Waals surface area contributed by atoms with Crippen molar-refractivity contribution in [3.63, 3.8) is 0 Å². The molecule has 0 aliphatic heterocycles. The first-order chi connectivity index (χ1) is 14.2. The van der Waals surface area contributed by atoms with Crippen molar-refractivity contribution in [3.05, 3.63) is 52.7 Å². The predicted octanol–water partition coefficient (Wildman–Crippen LogP) is 3.35. The van der Waals surface area contributed by atoms with Gasteiger partial charge in [0, 0.05) is 19.2 Å². The summed E-state index contributed by atoms with van der Waals surface area (Å²) in [5.41, 5.74) is 2.21. The van der Waals surface area contributed by atoms with Gasteiger partial charge in [0.25, 0.3) is 5.56 Å². The van der Waals surface area contributed by atoms with Crippen LogP contribution in [-0.2, 0) is 0 Å². The minimum Gasteiger partial charge on any atom is -0.496 e. The molecule has 1 saturated carbocycles. The van der Waals surface area contributed by atoms with Crippen molar-refractivity contribution in [3.8, 4) is 17.0 Å². The molecule has 5 rings (SSSR count). The first-order valence-electron chi connectivity index (χ1n) is 10.1. The van der Waals surface area contributed by atoms with E-state index in [-0.39, 0.29) is 11.6 Å². The fraction of sp³-hybridized carbons (Fsp3) is 0.364. The van der Waals surface area contributed by atoms with Gasteiger partial charge in [-0.05, 0) is 31.0 Å². The van der Waals surface area contributed by atoms with Gasteiger partial charge in [-0.1, -0.05) is 41.4 Å². The Morgan fingerprint density at radius 1 is 1.14 bits per heavy atom. The molecule has 1 aliphatic rings. The maximum absolute atomic E-state index is 13.7. The van der Waals surface area contributed by atoms with Gasteiger partial charge in [-0.3, -0.25) is 4.79 Å². The third-order valence-corrected chi connectivity index (χ3v) is 5.85. The number of rotatable bonds is 3. The van der Waals surface area contributed by atoms with Crippen molar-refractivity contribution in [2.24, 2.45) is 0 Å². The number of aromatic amines is 1. The minimum atomic E-state index is -0.00976. The van der Waals surface area contributed by atoms with Crippen molar-refractivity contribution in [1.82, 2.24) is 19.6 Å². The maximum atomic E-state index is 13.7. The first kappa shape index (κ1) is 17.8. The summed E-state index contributed by atoms with van der Waals surface area (Å²) in [6, 6.07) is 9.92. The van der Waals surface area contributed by atoms with Crippen LogP contribution in [0.1, 0.15) is 44.0 Å². The Bertz CT molecular complexity index is 1270. The van der Waals surface area contributed by atoms with E-state index in [1.54, 1.807) is 11.6 Å². The molecule has 4 aromatic rings. The Kier molecular flexibility index (Phi) is 4.30. The van der Waals surface area contributed by atoms with Crippen LogP contribution in [0.2, 0.25) is 0 Å². The van der Waals surface area contributed by atoms with Crippen LogP contribution < -0.4 is 14.8 Å². The van der Waals surface area contributed by atoms with Gasteiger partial charge in [0.2, 0.25) is 5.82 Å². The lowest BCUT2D eigenvalue weighted by Crippen LogP contribution is -2.33. The summed E-state index contributed by atoms with van der Waals surface area (Å²) in [7, 11) is 1.64. The van der Waals surface area contributed by atoms with Crippen molar-refractivity contribution in [2.75, 3.05) is 7.11 Å². The molecule has 0 saturated heterocycles. The van der Waals surface area contributed by atoms with Gasteiger partial charge in [-0.15, -0.1) is 4.52 Å². The van der Waals surface area contributed by atoms with Crippen LogP contribution in [0.4, 0.5) is 0 Å². The van der Waals surface area contributed by atoms with Gasteiger partial charge in [0.15, 0.2) is 11.2 Å². The van der Waals surface area contributed by atoms with Gasteiger partial charge in [0.05, 0.1) is 12.7 Å². The van der Waals surface area contributed by atoms with E-state index in [1.165, 1.54) is 19.3 Å². The smallest absolute Gasteiger partial charge is 0.458 e. The van der Waals surface area contributed by atoms with Crippen molar-refractivity contribution in [2.45, 2.75) is 45.1 Å². The topological polar surface area (TPSA) is 76.9 Å². The molecule has 1 fully saturated rings. The molecule has 3 heterocycles. The van der Waals surface area contributed by atoms with E-state index >= 15 is 0 Å². The number of methoxy groups -OCH3 is 1. The monoisotopic (exact) mass is 390 g/mol. The van der Waals surface area contributed by atoms with Crippen LogP contribution in [0.25, 0.3) is 27.9 Å². The van der Waals surface area contributed by atoms with Gasteiger partial charge in [-0.25, -0.2) is 5.10 Å². The number of H-pyrrole nitrogens is 1. The maximum Gasteiger partial charge on any atom is 0.458 e. The largest absolute Gasteiger partial charge is 0.496 e. The van der Waals surface area contributed by atoms with Crippen molar-refractivity contribution in [1.29, 1.82) is 0 Å².